The lowest BCUT2D eigenvalue weighted by Gasteiger charge is -2.18. The van der Waals surface area contributed by atoms with Crippen LogP contribution in [-0.4, -0.2) is 31.1 Å². The van der Waals surface area contributed by atoms with Gasteiger partial charge in [0.25, 0.3) is 0 Å². The summed E-state index contributed by atoms with van der Waals surface area (Å²) in [6.45, 7) is 3.89. The first-order valence-electron chi connectivity index (χ1n) is 6.79. The number of hydrogen-bond donors (Lipinski definition) is 1. The van der Waals surface area contributed by atoms with Crippen LogP contribution < -0.4 is 14.9 Å². The predicted molar refractivity (Wildman–Crippen MR) is 81.2 cm³/mol. The number of rotatable bonds is 5. The SMILES string of the molecule is COc1cc(/C(C)=N\NC(=O)OC(C)(C)C)ccc1OC(F)F. The number of nitrogens with one attached hydrogen (secondary N) is 1. The topological polar surface area (TPSA) is 69.2 Å². The van der Waals surface area contributed by atoms with Crippen LogP contribution in [-0.2, 0) is 4.74 Å². The van der Waals surface area contributed by atoms with E-state index in [0.717, 1.165) is 0 Å². The largest absolute Gasteiger partial charge is 0.493 e. The summed E-state index contributed by atoms with van der Waals surface area (Å²) in [5.41, 5.74) is 2.63. The Morgan fingerprint density at radius 3 is 2.43 bits per heavy atom. The summed E-state index contributed by atoms with van der Waals surface area (Å²) < 4.78 is 38.9. The molecule has 8 heteroatoms. The van der Waals surface area contributed by atoms with Gasteiger partial charge in [-0.2, -0.15) is 13.9 Å². The second kappa shape index (κ2) is 7.75. The summed E-state index contributed by atoms with van der Waals surface area (Å²) in [5, 5.41) is 3.89. The summed E-state index contributed by atoms with van der Waals surface area (Å²) in [6, 6.07) is 4.34. The molecule has 1 amide bonds. The molecule has 1 N–H and O–H groups in total. The molecule has 0 spiro atoms. The number of methoxy groups -OCH3 is 1. The van der Waals surface area contributed by atoms with E-state index >= 15 is 0 Å². The second-order valence-electron chi connectivity index (χ2n) is 5.56. The number of alkyl halides is 2. The van der Waals surface area contributed by atoms with Crippen LogP contribution in [0.3, 0.4) is 0 Å². The summed E-state index contributed by atoms with van der Waals surface area (Å²) in [5.74, 6) is 0.0498. The molecule has 23 heavy (non-hydrogen) atoms. The molecule has 0 aliphatic rings. The number of nitrogens with zero attached hydrogens (tertiary/aromatic N) is 1. The summed E-state index contributed by atoms with van der Waals surface area (Å²) in [6.07, 6.45) is -0.693. The Hall–Kier alpha value is -2.38. The minimum absolute atomic E-state index is 0.0841. The summed E-state index contributed by atoms with van der Waals surface area (Å²) in [4.78, 5) is 11.5. The monoisotopic (exact) mass is 330 g/mol. The van der Waals surface area contributed by atoms with Crippen molar-refractivity contribution in [1.29, 1.82) is 0 Å². The van der Waals surface area contributed by atoms with Crippen LogP contribution in [0.2, 0.25) is 0 Å². The number of halogens is 2. The van der Waals surface area contributed by atoms with Gasteiger partial charge in [0.05, 0.1) is 12.8 Å². The third-order valence-electron chi connectivity index (χ3n) is 2.51. The van der Waals surface area contributed by atoms with Gasteiger partial charge in [-0.1, -0.05) is 0 Å². The van der Waals surface area contributed by atoms with Crippen LogP contribution >= 0.6 is 0 Å². The number of carbonyl (C=O) groups is 1. The van der Waals surface area contributed by atoms with Crippen molar-refractivity contribution >= 4 is 11.8 Å². The van der Waals surface area contributed by atoms with Crippen LogP contribution in [0.25, 0.3) is 0 Å². The molecule has 128 valence electrons. The average molecular weight is 330 g/mol. The van der Waals surface area contributed by atoms with E-state index in [1.807, 2.05) is 0 Å². The van der Waals surface area contributed by atoms with Gasteiger partial charge in [-0.25, -0.2) is 10.2 Å². The molecule has 0 unspecified atom stereocenters. The Bertz CT molecular complexity index is 583. The minimum atomic E-state index is -2.95. The van der Waals surface area contributed by atoms with Crippen molar-refractivity contribution in [3.05, 3.63) is 23.8 Å². The van der Waals surface area contributed by atoms with Gasteiger partial charge < -0.3 is 14.2 Å². The van der Waals surface area contributed by atoms with E-state index in [2.05, 4.69) is 15.3 Å². The molecule has 0 aromatic heterocycles. The maximum absolute atomic E-state index is 12.3. The zero-order chi connectivity index (χ0) is 17.6. The van der Waals surface area contributed by atoms with E-state index in [0.29, 0.717) is 11.3 Å². The van der Waals surface area contributed by atoms with E-state index in [1.54, 1.807) is 27.7 Å². The van der Waals surface area contributed by atoms with Gasteiger partial charge in [0, 0.05) is 5.56 Å². The van der Waals surface area contributed by atoms with Gasteiger partial charge in [-0.05, 0) is 45.9 Å². The van der Waals surface area contributed by atoms with Crippen molar-refractivity contribution in [3.63, 3.8) is 0 Å². The zero-order valence-corrected chi connectivity index (χ0v) is 13.6. The molecule has 0 atom stereocenters. The highest BCUT2D eigenvalue weighted by molar-refractivity contribution is 5.99. The van der Waals surface area contributed by atoms with Gasteiger partial charge in [-0.15, -0.1) is 0 Å². The summed E-state index contributed by atoms with van der Waals surface area (Å²) >= 11 is 0. The average Bonchev–Trinajstić information content (AvgIpc) is 2.42. The molecule has 6 nitrogen and oxygen atoms in total. The summed E-state index contributed by atoms with van der Waals surface area (Å²) in [7, 11) is 1.34. The fraction of sp³-hybridized carbons (Fsp3) is 0.467. The number of hydrogen-bond acceptors (Lipinski definition) is 5. The van der Waals surface area contributed by atoms with Crippen molar-refractivity contribution in [3.8, 4) is 11.5 Å². The van der Waals surface area contributed by atoms with Crippen molar-refractivity contribution in [2.24, 2.45) is 5.10 Å². The molecule has 0 aliphatic carbocycles. The van der Waals surface area contributed by atoms with Crippen molar-refractivity contribution < 1.29 is 27.8 Å². The Morgan fingerprint density at radius 2 is 1.91 bits per heavy atom. The molecule has 0 radical (unpaired) electrons. The standard InChI is InChI=1S/C15H20F2N2O4/c1-9(18-19-14(20)23-15(2,3)4)10-6-7-11(22-13(16)17)12(8-10)21-5/h6-8,13H,1-5H3,(H,19,20)/b18-9-. The van der Waals surface area contributed by atoms with Gasteiger partial charge in [-0.3, -0.25) is 0 Å². The Balaban J connectivity index is 2.85. The third kappa shape index (κ3) is 6.50. The Kier molecular flexibility index (Phi) is 6.29. The lowest BCUT2D eigenvalue weighted by atomic mass is 10.1. The molecule has 1 aromatic rings. The first-order chi connectivity index (χ1) is 10.6. The maximum atomic E-state index is 12.3. The quantitative estimate of drug-likeness (QED) is 0.662. The number of ether oxygens (including phenoxy) is 3. The first-order valence-corrected chi connectivity index (χ1v) is 6.79. The third-order valence-corrected chi connectivity index (χ3v) is 2.51. The molecule has 0 heterocycles. The fourth-order valence-electron chi connectivity index (χ4n) is 1.58. The van der Waals surface area contributed by atoms with Crippen LogP contribution in [0.15, 0.2) is 23.3 Å². The van der Waals surface area contributed by atoms with E-state index in [1.165, 1.54) is 25.3 Å². The number of benzene rings is 1. The van der Waals surface area contributed by atoms with E-state index < -0.39 is 18.3 Å². The minimum Gasteiger partial charge on any atom is -0.493 e. The molecular formula is C15H20F2N2O4. The van der Waals surface area contributed by atoms with Gasteiger partial charge in [0.1, 0.15) is 5.60 Å². The smallest absolute Gasteiger partial charge is 0.428 e. The second-order valence-corrected chi connectivity index (χ2v) is 5.56. The molecule has 1 aromatic carbocycles. The van der Waals surface area contributed by atoms with E-state index in [4.69, 9.17) is 9.47 Å². The molecule has 0 fully saturated rings. The highest BCUT2D eigenvalue weighted by Crippen LogP contribution is 2.29. The highest BCUT2D eigenvalue weighted by atomic mass is 19.3. The van der Waals surface area contributed by atoms with E-state index in [9.17, 15) is 13.6 Å². The molecular weight excluding hydrogens is 310 g/mol. The van der Waals surface area contributed by atoms with Crippen LogP contribution in [0.5, 0.6) is 11.5 Å². The molecule has 0 saturated carbocycles. The molecule has 1 rings (SSSR count). The van der Waals surface area contributed by atoms with Crippen molar-refractivity contribution in [2.75, 3.05) is 7.11 Å². The van der Waals surface area contributed by atoms with Gasteiger partial charge >= 0.3 is 12.7 Å². The number of hydrazone groups is 1. The lowest BCUT2D eigenvalue weighted by Crippen LogP contribution is -2.30. The lowest BCUT2D eigenvalue weighted by molar-refractivity contribution is -0.0512. The molecule has 0 bridgehead atoms. The zero-order valence-electron chi connectivity index (χ0n) is 13.6. The predicted octanol–water partition coefficient (Wildman–Crippen LogP) is 3.55. The van der Waals surface area contributed by atoms with Crippen LogP contribution in [0.1, 0.15) is 33.3 Å². The molecule has 0 aliphatic heterocycles. The number of amides is 1. The Labute approximate surface area is 133 Å². The first kappa shape index (κ1) is 18.7. The maximum Gasteiger partial charge on any atom is 0.428 e. The fourth-order valence-corrected chi connectivity index (χ4v) is 1.58. The normalized spacial score (nSPS) is 12.1. The Morgan fingerprint density at radius 1 is 1.26 bits per heavy atom. The van der Waals surface area contributed by atoms with E-state index in [-0.39, 0.29) is 11.5 Å². The van der Waals surface area contributed by atoms with Crippen LogP contribution in [0.4, 0.5) is 13.6 Å². The van der Waals surface area contributed by atoms with Crippen LogP contribution in [0, 0.1) is 0 Å². The molecule has 0 saturated heterocycles. The van der Waals surface area contributed by atoms with Gasteiger partial charge in [0.15, 0.2) is 11.5 Å². The highest BCUT2D eigenvalue weighted by Gasteiger charge is 2.16. The van der Waals surface area contributed by atoms with Gasteiger partial charge in [0.2, 0.25) is 0 Å². The number of carbonyl (C=O) groups excluding carboxylic acids is 1. The van der Waals surface area contributed by atoms with Crippen molar-refractivity contribution in [1.82, 2.24) is 5.43 Å². The van der Waals surface area contributed by atoms with Crippen molar-refractivity contribution in [2.45, 2.75) is 39.9 Å².